The van der Waals surface area contributed by atoms with E-state index < -0.39 is 14.9 Å². The maximum atomic E-state index is 13.3. The van der Waals surface area contributed by atoms with Crippen LogP contribution in [0.2, 0.25) is 0 Å². The smallest absolute Gasteiger partial charge is 0.293 e. The SMILES string of the molecule is CCN(c1ccccc1)S(=O)(=O)c1ccc(N2CCN(c3nccs3)CC2)c([N+](=O)[O-])c1. The summed E-state index contributed by atoms with van der Waals surface area (Å²) in [5, 5.41) is 14.7. The van der Waals surface area contributed by atoms with Gasteiger partial charge in [-0.05, 0) is 31.2 Å². The van der Waals surface area contributed by atoms with Gasteiger partial charge in [0.2, 0.25) is 0 Å². The summed E-state index contributed by atoms with van der Waals surface area (Å²) in [6, 6.07) is 12.9. The molecule has 2 aromatic carbocycles. The summed E-state index contributed by atoms with van der Waals surface area (Å²) in [5.41, 5.74) is 0.730. The third kappa shape index (κ3) is 4.26. The number of aromatic nitrogens is 1. The molecule has 0 amide bonds. The predicted octanol–water partition coefficient (Wildman–Crippen LogP) is 3.59. The zero-order valence-corrected chi connectivity index (χ0v) is 19.1. The lowest BCUT2D eigenvalue weighted by Gasteiger charge is -2.35. The van der Waals surface area contributed by atoms with Crippen LogP contribution in [0, 0.1) is 10.1 Å². The van der Waals surface area contributed by atoms with Gasteiger partial charge >= 0.3 is 0 Å². The number of rotatable bonds is 7. The molecule has 1 aliphatic heterocycles. The molecule has 0 atom stereocenters. The Bertz CT molecular complexity index is 1180. The Morgan fingerprint density at radius 3 is 2.38 bits per heavy atom. The van der Waals surface area contributed by atoms with Gasteiger partial charge < -0.3 is 9.80 Å². The van der Waals surface area contributed by atoms with Gasteiger partial charge in [0.15, 0.2) is 5.13 Å². The second-order valence-electron chi connectivity index (χ2n) is 7.20. The first kappa shape index (κ1) is 22.0. The molecule has 0 bridgehead atoms. The number of anilines is 3. The molecule has 2 heterocycles. The molecule has 0 saturated carbocycles. The largest absolute Gasteiger partial charge is 0.362 e. The first-order chi connectivity index (χ1) is 15.4. The average molecular weight is 474 g/mol. The number of thiazole rings is 1. The van der Waals surface area contributed by atoms with E-state index in [2.05, 4.69) is 9.88 Å². The van der Waals surface area contributed by atoms with Crippen LogP contribution >= 0.6 is 11.3 Å². The van der Waals surface area contributed by atoms with E-state index in [0.717, 1.165) is 5.13 Å². The third-order valence-electron chi connectivity index (χ3n) is 5.37. The van der Waals surface area contributed by atoms with Gasteiger partial charge in [0.1, 0.15) is 5.69 Å². The second kappa shape index (κ2) is 9.13. The molecule has 32 heavy (non-hydrogen) atoms. The van der Waals surface area contributed by atoms with E-state index in [0.29, 0.717) is 37.6 Å². The summed E-state index contributed by atoms with van der Waals surface area (Å²) in [6.07, 6.45) is 1.76. The average Bonchev–Trinajstić information content (AvgIpc) is 3.35. The number of nitro benzene ring substituents is 1. The van der Waals surface area contributed by atoms with Gasteiger partial charge in [0.05, 0.1) is 15.5 Å². The van der Waals surface area contributed by atoms with Crippen LogP contribution < -0.4 is 14.1 Å². The molecule has 3 aromatic rings. The highest BCUT2D eigenvalue weighted by Crippen LogP contribution is 2.34. The minimum atomic E-state index is -3.95. The molecule has 1 aromatic heterocycles. The maximum absolute atomic E-state index is 13.3. The first-order valence-corrected chi connectivity index (χ1v) is 12.5. The highest BCUT2D eigenvalue weighted by atomic mass is 32.2. The Labute approximate surface area is 190 Å². The number of hydrogen-bond acceptors (Lipinski definition) is 8. The van der Waals surface area contributed by atoms with Crippen molar-refractivity contribution < 1.29 is 13.3 Å². The van der Waals surface area contributed by atoms with Crippen molar-refractivity contribution in [3.63, 3.8) is 0 Å². The van der Waals surface area contributed by atoms with E-state index >= 15 is 0 Å². The van der Waals surface area contributed by atoms with Crippen molar-refractivity contribution in [2.24, 2.45) is 0 Å². The van der Waals surface area contributed by atoms with E-state index in [1.165, 1.54) is 16.4 Å². The maximum Gasteiger partial charge on any atom is 0.293 e. The Morgan fingerprint density at radius 2 is 1.78 bits per heavy atom. The van der Waals surface area contributed by atoms with Crippen LogP contribution in [-0.2, 0) is 10.0 Å². The minimum absolute atomic E-state index is 0.0972. The molecule has 0 radical (unpaired) electrons. The van der Waals surface area contributed by atoms with Crippen molar-refractivity contribution in [2.75, 3.05) is 46.8 Å². The van der Waals surface area contributed by atoms with Gasteiger partial charge in [0.25, 0.3) is 15.7 Å². The lowest BCUT2D eigenvalue weighted by molar-refractivity contribution is -0.384. The highest BCUT2D eigenvalue weighted by Gasteiger charge is 2.30. The Morgan fingerprint density at radius 1 is 1.09 bits per heavy atom. The zero-order valence-electron chi connectivity index (χ0n) is 17.5. The van der Waals surface area contributed by atoms with Crippen LogP contribution in [0.5, 0.6) is 0 Å². The van der Waals surface area contributed by atoms with Crippen molar-refractivity contribution >= 4 is 43.6 Å². The van der Waals surface area contributed by atoms with Crippen LogP contribution in [0.1, 0.15) is 6.92 Å². The Hall–Kier alpha value is -3.18. The first-order valence-electron chi connectivity index (χ1n) is 10.2. The quantitative estimate of drug-likeness (QED) is 0.382. The molecule has 0 aliphatic carbocycles. The van der Waals surface area contributed by atoms with Crippen LogP contribution in [0.4, 0.5) is 22.2 Å². The van der Waals surface area contributed by atoms with Crippen molar-refractivity contribution in [1.82, 2.24) is 4.98 Å². The van der Waals surface area contributed by atoms with Gasteiger partial charge in [-0.3, -0.25) is 14.4 Å². The number of benzene rings is 2. The topological polar surface area (TPSA) is 99.9 Å². The summed E-state index contributed by atoms with van der Waals surface area (Å²) < 4.78 is 27.8. The normalized spacial score (nSPS) is 14.4. The van der Waals surface area contributed by atoms with Crippen LogP contribution in [0.15, 0.2) is 65.0 Å². The molecule has 11 heteroatoms. The molecular formula is C21H23N5O4S2. The van der Waals surface area contributed by atoms with Gasteiger partial charge in [-0.15, -0.1) is 11.3 Å². The number of nitro groups is 1. The summed E-state index contributed by atoms with van der Waals surface area (Å²) in [4.78, 5) is 19.6. The van der Waals surface area contributed by atoms with E-state index in [9.17, 15) is 18.5 Å². The molecule has 0 spiro atoms. The predicted molar refractivity (Wildman–Crippen MR) is 126 cm³/mol. The summed E-state index contributed by atoms with van der Waals surface area (Å²) in [7, 11) is -3.95. The fourth-order valence-electron chi connectivity index (χ4n) is 3.80. The number of para-hydroxylation sites is 1. The molecule has 1 aliphatic rings. The van der Waals surface area contributed by atoms with Gasteiger partial charge in [-0.25, -0.2) is 13.4 Å². The molecule has 9 nitrogen and oxygen atoms in total. The standard InChI is InChI=1S/C21H23N5O4S2/c1-2-25(17-6-4-3-5-7-17)32(29,30)18-8-9-19(20(16-18)26(27)28)23-11-13-24(14-12-23)21-22-10-15-31-21/h3-10,15-16H,2,11-14H2,1H3. The van der Waals surface area contributed by atoms with Crippen LogP contribution in [-0.4, -0.2) is 51.0 Å². The summed E-state index contributed by atoms with van der Waals surface area (Å²) in [5.74, 6) is 0. The third-order valence-corrected chi connectivity index (χ3v) is 8.10. The zero-order chi connectivity index (χ0) is 22.7. The Kier molecular flexibility index (Phi) is 6.28. The highest BCUT2D eigenvalue weighted by molar-refractivity contribution is 7.92. The summed E-state index contributed by atoms with van der Waals surface area (Å²) >= 11 is 1.56. The second-order valence-corrected chi connectivity index (χ2v) is 9.94. The molecule has 4 rings (SSSR count). The van der Waals surface area contributed by atoms with Crippen molar-refractivity contribution in [1.29, 1.82) is 0 Å². The minimum Gasteiger partial charge on any atom is -0.362 e. The van der Waals surface area contributed by atoms with Crippen LogP contribution in [0.3, 0.4) is 0 Å². The van der Waals surface area contributed by atoms with Crippen molar-refractivity contribution in [3.8, 4) is 0 Å². The molecule has 168 valence electrons. The molecular weight excluding hydrogens is 450 g/mol. The number of hydrogen-bond donors (Lipinski definition) is 0. The summed E-state index contributed by atoms with van der Waals surface area (Å²) in [6.45, 7) is 4.47. The fraction of sp³-hybridized carbons (Fsp3) is 0.286. The number of sulfonamides is 1. The van der Waals surface area contributed by atoms with Gasteiger partial charge in [-0.1, -0.05) is 18.2 Å². The number of piperazine rings is 1. The molecule has 0 N–H and O–H groups in total. The van der Waals surface area contributed by atoms with E-state index in [1.54, 1.807) is 60.9 Å². The monoisotopic (exact) mass is 473 g/mol. The Balaban J connectivity index is 1.61. The van der Waals surface area contributed by atoms with Gasteiger partial charge in [0, 0.05) is 50.4 Å². The fourth-order valence-corrected chi connectivity index (χ4v) is 5.99. The van der Waals surface area contributed by atoms with Crippen molar-refractivity contribution in [2.45, 2.75) is 11.8 Å². The lowest BCUT2D eigenvalue weighted by Crippen LogP contribution is -2.46. The molecule has 0 unspecified atom stereocenters. The number of nitrogens with zero attached hydrogens (tertiary/aromatic N) is 5. The van der Waals surface area contributed by atoms with Crippen molar-refractivity contribution in [3.05, 3.63) is 70.2 Å². The lowest BCUT2D eigenvalue weighted by atomic mass is 10.2. The molecule has 1 fully saturated rings. The molecule has 1 saturated heterocycles. The van der Waals surface area contributed by atoms with E-state index in [-0.39, 0.29) is 17.1 Å². The van der Waals surface area contributed by atoms with Gasteiger partial charge in [-0.2, -0.15) is 0 Å². The van der Waals surface area contributed by atoms with E-state index in [4.69, 9.17) is 0 Å². The van der Waals surface area contributed by atoms with Crippen LogP contribution in [0.25, 0.3) is 0 Å². The van der Waals surface area contributed by atoms with E-state index in [1.807, 2.05) is 10.3 Å².